The standard InChI is InChI=1S/C19H24N6OS/c1-11-7-9-15(10-8-11)17-21-22-19(24(17)5)27-14(4)18(26)20-16-12(2)23-25(6)13(16)3/h7-10,14H,1-6H3,(H,20,26). The minimum absolute atomic E-state index is 0.0842. The average Bonchev–Trinajstić information content (AvgIpc) is 3.10. The summed E-state index contributed by atoms with van der Waals surface area (Å²) in [6, 6.07) is 8.15. The second-order valence-corrected chi connectivity index (χ2v) is 7.96. The van der Waals surface area contributed by atoms with Crippen LogP contribution in [-0.4, -0.2) is 35.7 Å². The maximum Gasteiger partial charge on any atom is 0.237 e. The molecule has 2 aromatic heterocycles. The van der Waals surface area contributed by atoms with Crippen molar-refractivity contribution in [3.63, 3.8) is 0 Å². The molecule has 142 valence electrons. The van der Waals surface area contributed by atoms with Gasteiger partial charge in [-0.3, -0.25) is 9.48 Å². The minimum atomic E-state index is -0.322. The molecule has 8 heteroatoms. The summed E-state index contributed by atoms with van der Waals surface area (Å²) in [7, 11) is 3.78. The molecule has 0 aliphatic carbocycles. The van der Waals surface area contributed by atoms with Gasteiger partial charge in [0.25, 0.3) is 0 Å². The van der Waals surface area contributed by atoms with E-state index in [4.69, 9.17) is 0 Å². The molecule has 0 saturated heterocycles. The molecular formula is C19H24N6OS. The number of carbonyl (C=O) groups excluding carboxylic acids is 1. The van der Waals surface area contributed by atoms with Crippen molar-refractivity contribution < 1.29 is 4.79 Å². The summed E-state index contributed by atoms with van der Waals surface area (Å²) < 4.78 is 3.68. The summed E-state index contributed by atoms with van der Waals surface area (Å²) in [4.78, 5) is 12.6. The van der Waals surface area contributed by atoms with E-state index in [0.717, 1.165) is 28.5 Å². The van der Waals surface area contributed by atoms with Gasteiger partial charge in [0, 0.05) is 19.7 Å². The first-order valence-corrected chi connectivity index (χ1v) is 9.60. The van der Waals surface area contributed by atoms with Crippen molar-refractivity contribution in [3.05, 3.63) is 41.2 Å². The molecule has 0 aliphatic rings. The topological polar surface area (TPSA) is 77.6 Å². The SMILES string of the molecule is Cc1ccc(-c2nnc(SC(C)C(=O)Nc3c(C)nn(C)c3C)n2C)cc1. The molecule has 1 atom stereocenters. The Morgan fingerprint density at radius 3 is 2.37 bits per heavy atom. The molecule has 27 heavy (non-hydrogen) atoms. The molecule has 7 nitrogen and oxygen atoms in total. The monoisotopic (exact) mass is 384 g/mol. The van der Waals surface area contributed by atoms with E-state index in [1.54, 1.807) is 4.68 Å². The largest absolute Gasteiger partial charge is 0.322 e. The fourth-order valence-electron chi connectivity index (χ4n) is 2.76. The maximum atomic E-state index is 12.6. The van der Waals surface area contributed by atoms with Crippen LogP contribution in [-0.2, 0) is 18.9 Å². The fraction of sp³-hybridized carbons (Fsp3) is 0.368. The van der Waals surface area contributed by atoms with Gasteiger partial charge in [-0.05, 0) is 27.7 Å². The van der Waals surface area contributed by atoms with E-state index in [1.165, 1.54) is 17.3 Å². The molecule has 1 unspecified atom stereocenters. The summed E-state index contributed by atoms with van der Waals surface area (Å²) >= 11 is 1.38. The van der Waals surface area contributed by atoms with Crippen LogP contribution in [0.25, 0.3) is 11.4 Å². The second-order valence-electron chi connectivity index (χ2n) is 6.65. The lowest BCUT2D eigenvalue weighted by atomic mass is 10.1. The van der Waals surface area contributed by atoms with Crippen LogP contribution < -0.4 is 5.32 Å². The molecule has 2 heterocycles. The lowest BCUT2D eigenvalue weighted by molar-refractivity contribution is -0.115. The number of aromatic nitrogens is 5. The quantitative estimate of drug-likeness (QED) is 0.683. The predicted octanol–water partition coefficient (Wildman–Crippen LogP) is 3.26. The number of hydrogen-bond acceptors (Lipinski definition) is 5. The van der Waals surface area contributed by atoms with E-state index in [0.29, 0.717) is 5.16 Å². The molecule has 0 saturated carbocycles. The first-order chi connectivity index (χ1) is 12.8. The highest BCUT2D eigenvalue weighted by Gasteiger charge is 2.21. The number of amides is 1. The van der Waals surface area contributed by atoms with Crippen molar-refractivity contribution in [1.82, 2.24) is 24.5 Å². The number of hydrogen-bond donors (Lipinski definition) is 1. The summed E-state index contributed by atoms with van der Waals surface area (Å²) in [6.45, 7) is 7.73. The Kier molecular flexibility index (Phi) is 5.36. The van der Waals surface area contributed by atoms with Gasteiger partial charge in [-0.25, -0.2) is 0 Å². The molecule has 0 radical (unpaired) electrons. The zero-order chi connectivity index (χ0) is 19.7. The molecule has 1 N–H and O–H groups in total. The second kappa shape index (κ2) is 7.56. The van der Waals surface area contributed by atoms with Gasteiger partial charge in [0.05, 0.1) is 22.3 Å². The average molecular weight is 385 g/mol. The highest BCUT2D eigenvalue weighted by Crippen LogP contribution is 2.27. The van der Waals surface area contributed by atoms with Gasteiger partial charge in [-0.15, -0.1) is 10.2 Å². The van der Waals surface area contributed by atoms with Crippen LogP contribution in [0.1, 0.15) is 23.9 Å². The van der Waals surface area contributed by atoms with Gasteiger partial charge < -0.3 is 9.88 Å². The highest BCUT2D eigenvalue weighted by atomic mass is 32.2. The Labute approximate surface area is 163 Å². The van der Waals surface area contributed by atoms with Gasteiger partial charge in [-0.2, -0.15) is 5.10 Å². The van der Waals surface area contributed by atoms with Gasteiger partial charge in [-0.1, -0.05) is 41.6 Å². The van der Waals surface area contributed by atoms with Gasteiger partial charge in [0.1, 0.15) is 0 Å². The number of benzene rings is 1. The van der Waals surface area contributed by atoms with E-state index >= 15 is 0 Å². The number of thioether (sulfide) groups is 1. The molecule has 0 aliphatic heterocycles. The summed E-state index contributed by atoms with van der Waals surface area (Å²) in [5.41, 5.74) is 4.70. The molecular weight excluding hydrogens is 360 g/mol. The number of anilines is 1. The van der Waals surface area contributed by atoms with Crippen LogP contribution in [0.5, 0.6) is 0 Å². The van der Waals surface area contributed by atoms with Crippen LogP contribution in [0.4, 0.5) is 5.69 Å². The first kappa shape index (κ1) is 19.2. The number of aryl methyl sites for hydroxylation is 3. The number of carbonyl (C=O) groups is 1. The highest BCUT2D eigenvalue weighted by molar-refractivity contribution is 8.00. The predicted molar refractivity (Wildman–Crippen MR) is 108 cm³/mol. The Morgan fingerprint density at radius 2 is 1.78 bits per heavy atom. The third-order valence-corrected chi connectivity index (χ3v) is 5.69. The van der Waals surface area contributed by atoms with E-state index in [2.05, 4.69) is 20.6 Å². The minimum Gasteiger partial charge on any atom is -0.322 e. The van der Waals surface area contributed by atoms with Crippen LogP contribution in [0.15, 0.2) is 29.4 Å². The zero-order valence-corrected chi connectivity index (χ0v) is 17.3. The molecule has 3 rings (SSSR count). The van der Waals surface area contributed by atoms with Crippen molar-refractivity contribution in [1.29, 1.82) is 0 Å². The normalized spacial score (nSPS) is 12.2. The maximum absolute atomic E-state index is 12.6. The smallest absolute Gasteiger partial charge is 0.237 e. The summed E-state index contributed by atoms with van der Waals surface area (Å²) in [5, 5.41) is 16.2. The van der Waals surface area contributed by atoms with Crippen molar-refractivity contribution in [3.8, 4) is 11.4 Å². The third-order valence-electron chi connectivity index (χ3n) is 4.55. The lowest BCUT2D eigenvalue weighted by Crippen LogP contribution is -2.23. The van der Waals surface area contributed by atoms with Crippen molar-refractivity contribution in [2.45, 2.75) is 38.1 Å². The summed E-state index contributed by atoms with van der Waals surface area (Å²) in [5.74, 6) is 0.697. The molecule has 3 aromatic rings. The Balaban J connectivity index is 1.73. The number of nitrogens with zero attached hydrogens (tertiary/aromatic N) is 5. The van der Waals surface area contributed by atoms with E-state index < -0.39 is 0 Å². The zero-order valence-electron chi connectivity index (χ0n) is 16.4. The molecule has 0 spiro atoms. The van der Waals surface area contributed by atoms with Crippen molar-refractivity contribution in [2.24, 2.45) is 14.1 Å². The molecule has 0 fully saturated rings. The van der Waals surface area contributed by atoms with Crippen LogP contribution >= 0.6 is 11.8 Å². The van der Waals surface area contributed by atoms with Crippen LogP contribution in [0.2, 0.25) is 0 Å². The lowest BCUT2D eigenvalue weighted by Gasteiger charge is -2.12. The van der Waals surface area contributed by atoms with Gasteiger partial charge >= 0.3 is 0 Å². The number of rotatable bonds is 5. The Bertz CT molecular complexity index is 973. The van der Waals surface area contributed by atoms with E-state index in [1.807, 2.05) is 70.6 Å². The van der Waals surface area contributed by atoms with Crippen LogP contribution in [0.3, 0.4) is 0 Å². The Morgan fingerprint density at radius 1 is 1.11 bits per heavy atom. The molecule has 0 bridgehead atoms. The molecule has 1 amide bonds. The number of nitrogens with one attached hydrogen (secondary N) is 1. The first-order valence-electron chi connectivity index (χ1n) is 8.72. The van der Waals surface area contributed by atoms with Gasteiger partial charge in [0.15, 0.2) is 11.0 Å². The van der Waals surface area contributed by atoms with Crippen LogP contribution in [0, 0.1) is 20.8 Å². The Hall–Kier alpha value is -2.61. The van der Waals surface area contributed by atoms with E-state index in [-0.39, 0.29) is 11.2 Å². The van der Waals surface area contributed by atoms with Gasteiger partial charge in [0.2, 0.25) is 5.91 Å². The van der Waals surface area contributed by atoms with Crippen molar-refractivity contribution in [2.75, 3.05) is 5.32 Å². The summed E-state index contributed by atoms with van der Waals surface area (Å²) in [6.07, 6.45) is 0. The van der Waals surface area contributed by atoms with Crippen molar-refractivity contribution >= 4 is 23.4 Å². The third kappa shape index (κ3) is 3.90. The fourth-order valence-corrected chi connectivity index (χ4v) is 3.58. The molecule has 1 aromatic carbocycles. The van der Waals surface area contributed by atoms with E-state index in [9.17, 15) is 4.79 Å².